The Morgan fingerprint density at radius 1 is 1.29 bits per heavy atom. The van der Waals surface area contributed by atoms with Gasteiger partial charge in [0.15, 0.2) is 0 Å². The van der Waals surface area contributed by atoms with Crippen molar-refractivity contribution in [3.05, 3.63) is 30.7 Å². The lowest BCUT2D eigenvalue weighted by Crippen LogP contribution is -2.29. The highest BCUT2D eigenvalue weighted by Gasteiger charge is 2.20. The van der Waals surface area contributed by atoms with Gasteiger partial charge in [-0.15, -0.1) is 12.4 Å². The monoisotopic (exact) mass is 308 g/mol. The number of hydrogen-bond donors (Lipinski definition) is 2. The lowest BCUT2D eigenvalue weighted by Gasteiger charge is -2.06. The Kier molecular flexibility index (Phi) is 5.30. The standard InChI is InChI=1S/C14H16N4O2.ClH/c19-13(8-15-7-10-1-2-10)17-12-5-3-11(4-6-12)14-16-9-20-18-14;/h3-6,9-10,15H,1-2,7-8H2,(H,17,19);1H. The molecule has 7 heteroatoms. The second-order valence-electron chi connectivity index (χ2n) is 4.95. The van der Waals surface area contributed by atoms with Crippen LogP contribution in [0.4, 0.5) is 5.69 Å². The number of nitrogens with zero attached hydrogens (tertiary/aromatic N) is 2. The van der Waals surface area contributed by atoms with Gasteiger partial charge >= 0.3 is 0 Å². The molecule has 1 amide bonds. The number of nitrogens with one attached hydrogen (secondary N) is 2. The Hall–Kier alpha value is -1.92. The highest BCUT2D eigenvalue weighted by atomic mass is 35.5. The lowest BCUT2D eigenvalue weighted by molar-refractivity contribution is -0.115. The van der Waals surface area contributed by atoms with E-state index in [1.54, 1.807) is 0 Å². The van der Waals surface area contributed by atoms with Crippen molar-refractivity contribution < 1.29 is 9.32 Å². The first-order valence-corrected chi connectivity index (χ1v) is 6.68. The van der Waals surface area contributed by atoms with Crippen LogP contribution in [0.2, 0.25) is 0 Å². The van der Waals surface area contributed by atoms with Crippen molar-refractivity contribution in [3.8, 4) is 11.4 Å². The summed E-state index contributed by atoms with van der Waals surface area (Å²) in [7, 11) is 0. The van der Waals surface area contributed by atoms with E-state index in [1.807, 2.05) is 24.3 Å². The maximum absolute atomic E-state index is 11.7. The van der Waals surface area contributed by atoms with Crippen LogP contribution in [-0.2, 0) is 4.79 Å². The van der Waals surface area contributed by atoms with Gasteiger partial charge in [0.2, 0.25) is 18.1 Å². The lowest BCUT2D eigenvalue weighted by atomic mass is 10.2. The third kappa shape index (κ3) is 4.54. The molecule has 1 aliphatic carbocycles. The minimum absolute atomic E-state index is 0. The van der Waals surface area contributed by atoms with Gasteiger partial charge in [-0.05, 0) is 49.6 Å². The molecule has 0 spiro atoms. The quantitative estimate of drug-likeness (QED) is 0.854. The molecule has 1 fully saturated rings. The Balaban J connectivity index is 0.00000161. The zero-order valence-corrected chi connectivity index (χ0v) is 12.2. The summed E-state index contributed by atoms with van der Waals surface area (Å²) in [4.78, 5) is 15.7. The molecule has 0 unspecified atom stereocenters. The number of hydrogen-bond acceptors (Lipinski definition) is 5. The highest BCUT2D eigenvalue weighted by Crippen LogP contribution is 2.27. The van der Waals surface area contributed by atoms with Gasteiger partial charge in [-0.3, -0.25) is 4.79 Å². The maximum atomic E-state index is 11.7. The van der Waals surface area contributed by atoms with Crippen LogP contribution in [0.15, 0.2) is 35.2 Å². The summed E-state index contributed by atoms with van der Waals surface area (Å²) in [5.41, 5.74) is 1.61. The number of rotatable bonds is 6. The minimum atomic E-state index is -0.0297. The first-order valence-electron chi connectivity index (χ1n) is 6.68. The number of carbonyl (C=O) groups is 1. The fraction of sp³-hybridized carbons (Fsp3) is 0.357. The molecule has 0 radical (unpaired) electrons. The predicted molar refractivity (Wildman–Crippen MR) is 81.2 cm³/mol. The van der Waals surface area contributed by atoms with E-state index in [9.17, 15) is 4.79 Å². The Bertz CT molecular complexity index is 567. The van der Waals surface area contributed by atoms with Crippen LogP contribution in [0.25, 0.3) is 11.4 Å². The van der Waals surface area contributed by atoms with Crippen LogP contribution >= 0.6 is 12.4 Å². The summed E-state index contributed by atoms with van der Waals surface area (Å²) in [5, 5.41) is 9.76. The molecule has 0 atom stereocenters. The van der Waals surface area contributed by atoms with E-state index in [4.69, 9.17) is 4.52 Å². The summed E-state index contributed by atoms with van der Waals surface area (Å²) in [5.74, 6) is 1.28. The smallest absolute Gasteiger partial charge is 0.238 e. The number of carbonyl (C=O) groups excluding carboxylic acids is 1. The SMILES string of the molecule is Cl.O=C(CNCC1CC1)Nc1ccc(-c2ncon2)cc1. The average molecular weight is 309 g/mol. The predicted octanol–water partition coefficient (Wildman–Crippen LogP) is 2.10. The average Bonchev–Trinajstić information content (AvgIpc) is 3.11. The number of benzene rings is 1. The normalized spacial score (nSPS) is 13.5. The van der Waals surface area contributed by atoms with Crippen molar-refractivity contribution in [1.82, 2.24) is 15.5 Å². The molecule has 112 valence electrons. The zero-order valence-electron chi connectivity index (χ0n) is 11.4. The molecule has 2 aromatic rings. The number of aromatic nitrogens is 2. The van der Waals surface area contributed by atoms with Gasteiger partial charge in [0.05, 0.1) is 6.54 Å². The third-order valence-corrected chi connectivity index (χ3v) is 3.20. The van der Waals surface area contributed by atoms with E-state index in [0.29, 0.717) is 12.4 Å². The molecule has 6 nitrogen and oxygen atoms in total. The van der Waals surface area contributed by atoms with Crippen molar-refractivity contribution in [2.75, 3.05) is 18.4 Å². The van der Waals surface area contributed by atoms with Crippen molar-refractivity contribution in [2.24, 2.45) is 5.92 Å². The van der Waals surface area contributed by atoms with Crippen molar-refractivity contribution >= 4 is 24.0 Å². The minimum Gasteiger partial charge on any atom is -0.342 e. The first kappa shape index (κ1) is 15.5. The van der Waals surface area contributed by atoms with Gasteiger partial charge < -0.3 is 15.2 Å². The number of halogens is 1. The van der Waals surface area contributed by atoms with Crippen molar-refractivity contribution in [1.29, 1.82) is 0 Å². The summed E-state index contributed by atoms with van der Waals surface area (Å²) in [6.07, 6.45) is 3.86. The van der Waals surface area contributed by atoms with Gasteiger partial charge in [-0.1, -0.05) is 5.16 Å². The molecule has 0 bridgehead atoms. The van der Waals surface area contributed by atoms with E-state index >= 15 is 0 Å². The van der Waals surface area contributed by atoms with Gasteiger partial charge in [0.1, 0.15) is 0 Å². The Morgan fingerprint density at radius 2 is 2.05 bits per heavy atom. The van der Waals surface area contributed by atoms with Crippen LogP contribution in [0, 0.1) is 5.92 Å². The molecule has 1 saturated carbocycles. The van der Waals surface area contributed by atoms with Gasteiger partial charge in [0.25, 0.3) is 0 Å². The Morgan fingerprint density at radius 3 is 2.67 bits per heavy atom. The fourth-order valence-electron chi connectivity index (χ4n) is 1.92. The molecule has 3 rings (SSSR count). The Labute approximate surface area is 128 Å². The fourth-order valence-corrected chi connectivity index (χ4v) is 1.92. The highest BCUT2D eigenvalue weighted by molar-refractivity contribution is 5.92. The summed E-state index contributed by atoms with van der Waals surface area (Å²) in [6.45, 7) is 1.28. The van der Waals surface area contributed by atoms with Crippen LogP contribution in [0.3, 0.4) is 0 Å². The van der Waals surface area contributed by atoms with Crippen LogP contribution in [-0.4, -0.2) is 29.1 Å². The van der Waals surface area contributed by atoms with Gasteiger partial charge in [0, 0.05) is 11.3 Å². The summed E-state index contributed by atoms with van der Waals surface area (Å²) in [6, 6.07) is 7.34. The molecule has 1 heterocycles. The zero-order chi connectivity index (χ0) is 13.8. The molecule has 2 N–H and O–H groups in total. The molecule has 1 aliphatic rings. The molecular weight excluding hydrogens is 292 g/mol. The number of anilines is 1. The van der Waals surface area contributed by atoms with E-state index in [0.717, 1.165) is 23.7 Å². The largest absolute Gasteiger partial charge is 0.342 e. The number of amides is 1. The molecule has 21 heavy (non-hydrogen) atoms. The molecule has 0 saturated heterocycles. The van der Waals surface area contributed by atoms with Crippen molar-refractivity contribution in [3.63, 3.8) is 0 Å². The molecular formula is C14H17ClN4O2. The topological polar surface area (TPSA) is 80.0 Å². The molecule has 1 aromatic carbocycles. The van der Waals surface area contributed by atoms with Gasteiger partial charge in [-0.25, -0.2) is 0 Å². The van der Waals surface area contributed by atoms with E-state index in [-0.39, 0.29) is 18.3 Å². The van der Waals surface area contributed by atoms with Crippen LogP contribution in [0.5, 0.6) is 0 Å². The van der Waals surface area contributed by atoms with Crippen LogP contribution in [0.1, 0.15) is 12.8 Å². The van der Waals surface area contributed by atoms with E-state index < -0.39 is 0 Å². The third-order valence-electron chi connectivity index (χ3n) is 3.20. The van der Waals surface area contributed by atoms with Gasteiger partial charge in [-0.2, -0.15) is 4.98 Å². The maximum Gasteiger partial charge on any atom is 0.238 e. The van der Waals surface area contributed by atoms with E-state index in [2.05, 4.69) is 20.8 Å². The molecule has 1 aromatic heterocycles. The molecule has 0 aliphatic heterocycles. The van der Waals surface area contributed by atoms with Crippen LogP contribution < -0.4 is 10.6 Å². The second kappa shape index (κ2) is 7.19. The first-order chi connectivity index (χ1) is 9.81. The van der Waals surface area contributed by atoms with E-state index in [1.165, 1.54) is 19.2 Å². The summed E-state index contributed by atoms with van der Waals surface area (Å²) >= 11 is 0. The van der Waals surface area contributed by atoms with Crippen molar-refractivity contribution in [2.45, 2.75) is 12.8 Å². The second-order valence-corrected chi connectivity index (χ2v) is 4.95. The summed E-state index contributed by atoms with van der Waals surface area (Å²) < 4.78 is 4.69.